The molecular formula is C12H15FO3. The summed E-state index contributed by atoms with van der Waals surface area (Å²) in [6.45, 7) is 1.38. The largest absolute Gasteiger partial charge is 0.488 e. The van der Waals surface area contributed by atoms with E-state index in [0.717, 1.165) is 6.42 Å². The number of rotatable bonds is 6. The van der Waals surface area contributed by atoms with Crippen LogP contribution >= 0.6 is 0 Å². The van der Waals surface area contributed by atoms with E-state index < -0.39 is 18.7 Å². The minimum Gasteiger partial charge on any atom is -0.488 e. The van der Waals surface area contributed by atoms with Crippen LogP contribution in [0.5, 0.6) is 5.75 Å². The first-order valence-electron chi connectivity index (χ1n) is 5.23. The zero-order chi connectivity index (χ0) is 12.0. The van der Waals surface area contributed by atoms with E-state index in [4.69, 9.17) is 9.84 Å². The fraction of sp³-hybridized carbons (Fsp3) is 0.417. The first-order chi connectivity index (χ1) is 7.67. The number of hydrogen-bond donors (Lipinski definition) is 1. The molecule has 0 radical (unpaired) electrons. The Kier molecular flexibility index (Phi) is 4.76. The average molecular weight is 226 g/mol. The molecule has 0 aliphatic heterocycles. The standard InChI is InChI=1S/C12H15FO3/c1-2-4-11(8-13)16-10-6-3-5-9(7-10)12(14)15/h3,5-7,11H,2,4,8H2,1H3,(H,14,15). The molecule has 1 rings (SSSR count). The summed E-state index contributed by atoms with van der Waals surface area (Å²) in [6, 6.07) is 6.09. The molecule has 0 aliphatic rings. The molecule has 0 heterocycles. The topological polar surface area (TPSA) is 46.5 Å². The monoisotopic (exact) mass is 226 g/mol. The summed E-state index contributed by atoms with van der Waals surface area (Å²) in [5.41, 5.74) is 0.145. The molecule has 88 valence electrons. The van der Waals surface area contributed by atoms with E-state index in [-0.39, 0.29) is 5.56 Å². The van der Waals surface area contributed by atoms with Crippen molar-refractivity contribution in [3.05, 3.63) is 29.8 Å². The van der Waals surface area contributed by atoms with Crippen molar-refractivity contribution in [2.75, 3.05) is 6.67 Å². The van der Waals surface area contributed by atoms with Crippen molar-refractivity contribution in [3.63, 3.8) is 0 Å². The number of benzene rings is 1. The number of aromatic carboxylic acids is 1. The average Bonchev–Trinajstić information content (AvgIpc) is 2.29. The summed E-state index contributed by atoms with van der Waals surface area (Å²) in [6.07, 6.45) is 0.954. The number of ether oxygens (including phenoxy) is 1. The van der Waals surface area contributed by atoms with Gasteiger partial charge in [0.05, 0.1) is 5.56 Å². The molecule has 3 nitrogen and oxygen atoms in total. The van der Waals surface area contributed by atoms with E-state index in [0.29, 0.717) is 12.2 Å². The van der Waals surface area contributed by atoms with Crippen LogP contribution in [0.4, 0.5) is 4.39 Å². The summed E-state index contributed by atoms with van der Waals surface area (Å²) in [5, 5.41) is 8.77. The van der Waals surface area contributed by atoms with Crippen LogP contribution < -0.4 is 4.74 Å². The maximum Gasteiger partial charge on any atom is 0.335 e. The molecule has 0 spiro atoms. The van der Waals surface area contributed by atoms with Gasteiger partial charge in [-0.15, -0.1) is 0 Å². The Labute approximate surface area is 93.9 Å². The number of carboxylic acid groups (broad SMARTS) is 1. The van der Waals surface area contributed by atoms with Crippen LogP contribution in [0.2, 0.25) is 0 Å². The fourth-order valence-corrected chi connectivity index (χ4v) is 1.38. The van der Waals surface area contributed by atoms with E-state index in [1.165, 1.54) is 12.1 Å². The van der Waals surface area contributed by atoms with E-state index in [1.807, 2.05) is 6.92 Å². The van der Waals surface area contributed by atoms with E-state index in [9.17, 15) is 9.18 Å². The van der Waals surface area contributed by atoms with Crippen molar-refractivity contribution in [3.8, 4) is 5.75 Å². The zero-order valence-corrected chi connectivity index (χ0v) is 9.15. The van der Waals surface area contributed by atoms with Crippen molar-refractivity contribution in [2.24, 2.45) is 0 Å². The van der Waals surface area contributed by atoms with Gasteiger partial charge in [-0.05, 0) is 24.6 Å². The first-order valence-corrected chi connectivity index (χ1v) is 5.23. The molecule has 0 amide bonds. The Bertz CT molecular complexity index is 352. The highest BCUT2D eigenvalue weighted by Crippen LogP contribution is 2.16. The van der Waals surface area contributed by atoms with E-state index in [2.05, 4.69) is 0 Å². The molecule has 1 unspecified atom stereocenters. The summed E-state index contributed by atoms with van der Waals surface area (Å²) in [7, 11) is 0. The lowest BCUT2D eigenvalue weighted by Crippen LogP contribution is -2.18. The van der Waals surface area contributed by atoms with Crippen LogP contribution in [-0.4, -0.2) is 23.9 Å². The molecule has 1 aromatic carbocycles. The lowest BCUT2D eigenvalue weighted by Gasteiger charge is -2.15. The number of carboxylic acids is 1. The minimum absolute atomic E-state index is 0.145. The Morgan fingerprint density at radius 2 is 2.31 bits per heavy atom. The summed E-state index contributed by atoms with van der Waals surface area (Å²) in [4.78, 5) is 10.7. The summed E-state index contributed by atoms with van der Waals surface area (Å²) in [5.74, 6) is -0.617. The number of hydrogen-bond acceptors (Lipinski definition) is 2. The highest BCUT2D eigenvalue weighted by atomic mass is 19.1. The fourth-order valence-electron chi connectivity index (χ4n) is 1.38. The molecule has 0 aliphatic carbocycles. The van der Waals surface area contributed by atoms with Gasteiger partial charge in [-0.25, -0.2) is 9.18 Å². The molecule has 1 atom stereocenters. The third-order valence-corrected chi connectivity index (χ3v) is 2.17. The predicted molar refractivity (Wildman–Crippen MR) is 58.7 cm³/mol. The highest BCUT2D eigenvalue weighted by Gasteiger charge is 2.10. The molecule has 0 saturated carbocycles. The Morgan fingerprint density at radius 3 is 2.88 bits per heavy atom. The van der Waals surface area contributed by atoms with Gasteiger partial charge in [-0.1, -0.05) is 19.4 Å². The molecule has 0 fully saturated rings. The Balaban J connectivity index is 2.72. The van der Waals surface area contributed by atoms with Crippen LogP contribution in [-0.2, 0) is 0 Å². The lowest BCUT2D eigenvalue weighted by atomic mass is 10.2. The van der Waals surface area contributed by atoms with Crippen LogP contribution in [0.15, 0.2) is 24.3 Å². The van der Waals surface area contributed by atoms with Gasteiger partial charge in [0.15, 0.2) is 0 Å². The third kappa shape index (κ3) is 3.53. The quantitative estimate of drug-likeness (QED) is 0.811. The highest BCUT2D eigenvalue weighted by molar-refractivity contribution is 5.87. The van der Waals surface area contributed by atoms with E-state index >= 15 is 0 Å². The second kappa shape index (κ2) is 6.10. The number of halogens is 1. The second-order valence-electron chi connectivity index (χ2n) is 3.52. The van der Waals surface area contributed by atoms with Gasteiger partial charge in [-0.3, -0.25) is 0 Å². The van der Waals surface area contributed by atoms with Gasteiger partial charge >= 0.3 is 5.97 Å². The smallest absolute Gasteiger partial charge is 0.335 e. The van der Waals surface area contributed by atoms with Gasteiger partial charge in [0.25, 0.3) is 0 Å². The predicted octanol–water partition coefficient (Wildman–Crippen LogP) is 2.90. The van der Waals surface area contributed by atoms with Gasteiger partial charge < -0.3 is 9.84 Å². The number of alkyl halides is 1. The molecule has 0 bridgehead atoms. The SMILES string of the molecule is CCCC(CF)Oc1cccc(C(=O)O)c1. The van der Waals surface area contributed by atoms with Gasteiger partial charge in [0.1, 0.15) is 18.5 Å². The van der Waals surface area contributed by atoms with Gasteiger partial charge in [-0.2, -0.15) is 0 Å². The van der Waals surface area contributed by atoms with Gasteiger partial charge in [0.2, 0.25) is 0 Å². The molecule has 16 heavy (non-hydrogen) atoms. The molecule has 1 aromatic rings. The number of carbonyl (C=O) groups is 1. The summed E-state index contributed by atoms with van der Waals surface area (Å²) >= 11 is 0. The molecule has 4 heteroatoms. The second-order valence-corrected chi connectivity index (χ2v) is 3.52. The van der Waals surface area contributed by atoms with Crippen molar-refractivity contribution < 1.29 is 19.0 Å². The third-order valence-electron chi connectivity index (χ3n) is 2.17. The van der Waals surface area contributed by atoms with Crippen LogP contribution in [0, 0.1) is 0 Å². The molecule has 0 aromatic heterocycles. The minimum atomic E-state index is -1.02. The Morgan fingerprint density at radius 1 is 1.56 bits per heavy atom. The normalized spacial score (nSPS) is 12.1. The zero-order valence-electron chi connectivity index (χ0n) is 9.15. The lowest BCUT2D eigenvalue weighted by molar-refractivity contribution is 0.0695. The van der Waals surface area contributed by atoms with Crippen LogP contribution in [0.25, 0.3) is 0 Å². The first kappa shape index (κ1) is 12.5. The molecule has 0 saturated heterocycles. The van der Waals surface area contributed by atoms with Crippen LogP contribution in [0.1, 0.15) is 30.1 Å². The van der Waals surface area contributed by atoms with Crippen molar-refractivity contribution in [2.45, 2.75) is 25.9 Å². The van der Waals surface area contributed by atoms with Crippen molar-refractivity contribution in [1.82, 2.24) is 0 Å². The summed E-state index contributed by atoms with van der Waals surface area (Å²) < 4.78 is 17.9. The Hall–Kier alpha value is -1.58. The van der Waals surface area contributed by atoms with Crippen LogP contribution in [0.3, 0.4) is 0 Å². The molecular weight excluding hydrogens is 211 g/mol. The molecule has 1 N–H and O–H groups in total. The van der Waals surface area contributed by atoms with E-state index in [1.54, 1.807) is 12.1 Å². The van der Waals surface area contributed by atoms with Gasteiger partial charge in [0, 0.05) is 0 Å². The maximum absolute atomic E-state index is 12.5. The van der Waals surface area contributed by atoms with Crippen molar-refractivity contribution >= 4 is 5.97 Å². The maximum atomic E-state index is 12.5. The van der Waals surface area contributed by atoms with Crippen molar-refractivity contribution in [1.29, 1.82) is 0 Å².